The summed E-state index contributed by atoms with van der Waals surface area (Å²) in [6.45, 7) is 0.714. The van der Waals surface area contributed by atoms with Crippen molar-refractivity contribution in [1.29, 1.82) is 0 Å². The van der Waals surface area contributed by atoms with Crippen LogP contribution in [0, 0.1) is 0 Å². The van der Waals surface area contributed by atoms with Gasteiger partial charge in [-0.1, -0.05) is 6.42 Å². The first-order chi connectivity index (χ1) is 6.24. The van der Waals surface area contributed by atoms with Gasteiger partial charge in [0.05, 0.1) is 6.04 Å². The van der Waals surface area contributed by atoms with Gasteiger partial charge in [-0.05, 0) is 43.1 Å². The van der Waals surface area contributed by atoms with Crippen molar-refractivity contribution < 1.29 is 4.42 Å². The molecule has 0 aliphatic carbocycles. The molecule has 4 heteroatoms. The number of unbranched alkanes of at least 4 members (excludes halogenated alkanes) is 1. The van der Waals surface area contributed by atoms with Crippen LogP contribution in [0.2, 0.25) is 5.22 Å². The average molecular weight is 203 g/mol. The van der Waals surface area contributed by atoms with Crippen molar-refractivity contribution >= 4 is 11.6 Å². The zero-order valence-electron chi connectivity index (χ0n) is 7.50. The van der Waals surface area contributed by atoms with Crippen LogP contribution < -0.4 is 11.5 Å². The molecule has 1 atom stereocenters. The van der Waals surface area contributed by atoms with Crippen LogP contribution in [-0.4, -0.2) is 6.54 Å². The molecule has 0 spiro atoms. The van der Waals surface area contributed by atoms with Gasteiger partial charge in [0.1, 0.15) is 5.76 Å². The van der Waals surface area contributed by atoms with Gasteiger partial charge in [-0.2, -0.15) is 0 Å². The van der Waals surface area contributed by atoms with Gasteiger partial charge >= 0.3 is 0 Å². The van der Waals surface area contributed by atoms with Gasteiger partial charge in [-0.3, -0.25) is 0 Å². The number of furan rings is 1. The maximum Gasteiger partial charge on any atom is 0.193 e. The van der Waals surface area contributed by atoms with Gasteiger partial charge in [-0.15, -0.1) is 0 Å². The quantitative estimate of drug-likeness (QED) is 0.719. The minimum absolute atomic E-state index is 0.0564. The van der Waals surface area contributed by atoms with Crippen molar-refractivity contribution in [3.8, 4) is 0 Å². The van der Waals surface area contributed by atoms with Crippen LogP contribution in [0.5, 0.6) is 0 Å². The summed E-state index contributed by atoms with van der Waals surface area (Å²) in [6.07, 6.45) is 2.92. The molecule has 0 saturated heterocycles. The highest BCUT2D eigenvalue weighted by molar-refractivity contribution is 6.28. The predicted octanol–water partition coefficient (Wildman–Crippen LogP) is 2.06. The first-order valence-electron chi connectivity index (χ1n) is 4.45. The van der Waals surface area contributed by atoms with Gasteiger partial charge in [0.2, 0.25) is 0 Å². The number of nitrogens with two attached hydrogens (primary N) is 2. The maximum atomic E-state index is 5.86. The molecule has 4 N–H and O–H groups in total. The van der Waals surface area contributed by atoms with E-state index in [9.17, 15) is 0 Å². The van der Waals surface area contributed by atoms with Crippen LogP contribution >= 0.6 is 11.6 Å². The number of halogens is 1. The second kappa shape index (κ2) is 5.27. The molecular formula is C9H15ClN2O. The summed E-state index contributed by atoms with van der Waals surface area (Å²) in [4.78, 5) is 0. The third kappa shape index (κ3) is 3.38. The van der Waals surface area contributed by atoms with Crippen molar-refractivity contribution in [2.45, 2.75) is 25.3 Å². The molecule has 74 valence electrons. The summed E-state index contributed by atoms with van der Waals surface area (Å²) in [6, 6.07) is 3.47. The molecule has 0 bridgehead atoms. The molecule has 1 aromatic heterocycles. The smallest absolute Gasteiger partial charge is 0.193 e. The van der Waals surface area contributed by atoms with Gasteiger partial charge in [-0.25, -0.2) is 0 Å². The minimum Gasteiger partial charge on any atom is -0.448 e. The zero-order valence-corrected chi connectivity index (χ0v) is 8.26. The highest BCUT2D eigenvalue weighted by Gasteiger charge is 2.09. The van der Waals surface area contributed by atoms with E-state index >= 15 is 0 Å². The Morgan fingerprint density at radius 1 is 1.38 bits per heavy atom. The largest absolute Gasteiger partial charge is 0.448 e. The topological polar surface area (TPSA) is 65.2 Å². The maximum absolute atomic E-state index is 5.86. The molecule has 0 radical (unpaired) electrons. The fourth-order valence-corrected chi connectivity index (χ4v) is 1.33. The van der Waals surface area contributed by atoms with Crippen LogP contribution in [0.1, 0.15) is 31.1 Å². The molecule has 0 aromatic carbocycles. The summed E-state index contributed by atoms with van der Waals surface area (Å²) in [5, 5.41) is 0.393. The van der Waals surface area contributed by atoms with Crippen LogP contribution in [0.4, 0.5) is 0 Å². The van der Waals surface area contributed by atoms with E-state index < -0.39 is 0 Å². The van der Waals surface area contributed by atoms with E-state index in [-0.39, 0.29) is 6.04 Å². The first kappa shape index (κ1) is 10.6. The normalized spacial score (nSPS) is 13.2. The highest BCUT2D eigenvalue weighted by atomic mass is 35.5. The zero-order chi connectivity index (χ0) is 9.68. The molecule has 3 nitrogen and oxygen atoms in total. The molecule has 0 fully saturated rings. The summed E-state index contributed by atoms with van der Waals surface area (Å²) in [5.41, 5.74) is 11.2. The third-order valence-corrected chi connectivity index (χ3v) is 2.13. The molecule has 0 saturated carbocycles. The van der Waals surface area contributed by atoms with E-state index in [0.717, 1.165) is 25.0 Å². The van der Waals surface area contributed by atoms with E-state index in [1.165, 1.54) is 0 Å². The van der Waals surface area contributed by atoms with Gasteiger partial charge in [0, 0.05) is 0 Å². The van der Waals surface area contributed by atoms with Gasteiger partial charge < -0.3 is 15.9 Å². The standard InChI is InChI=1S/C9H15ClN2O/c10-9-5-4-8(13-9)7(12)3-1-2-6-11/h4-5,7H,1-3,6,11-12H2/t7-/m1/s1. The molecule has 0 unspecified atom stereocenters. The highest BCUT2D eigenvalue weighted by Crippen LogP contribution is 2.21. The third-order valence-electron chi connectivity index (χ3n) is 1.93. The lowest BCUT2D eigenvalue weighted by Crippen LogP contribution is -2.10. The van der Waals surface area contributed by atoms with Crippen LogP contribution in [0.25, 0.3) is 0 Å². The van der Waals surface area contributed by atoms with Crippen molar-refractivity contribution in [2.75, 3.05) is 6.54 Å². The lowest BCUT2D eigenvalue weighted by Gasteiger charge is -2.07. The SMILES string of the molecule is NCCCC[C@@H](N)c1ccc(Cl)o1. The second-order valence-electron chi connectivity index (χ2n) is 3.03. The molecular weight excluding hydrogens is 188 g/mol. The van der Waals surface area contributed by atoms with Crippen LogP contribution in [0.3, 0.4) is 0 Å². The minimum atomic E-state index is -0.0564. The average Bonchev–Trinajstić information content (AvgIpc) is 2.52. The summed E-state index contributed by atoms with van der Waals surface area (Å²) in [7, 11) is 0. The lowest BCUT2D eigenvalue weighted by molar-refractivity contribution is 0.444. The summed E-state index contributed by atoms with van der Waals surface area (Å²) < 4.78 is 5.19. The van der Waals surface area contributed by atoms with Crippen molar-refractivity contribution in [3.05, 3.63) is 23.1 Å². The van der Waals surface area contributed by atoms with Crippen LogP contribution in [0.15, 0.2) is 16.5 Å². The monoisotopic (exact) mass is 202 g/mol. The van der Waals surface area contributed by atoms with E-state index in [1.807, 2.05) is 6.07 Å². The van der Waals surface area contributed by atoms with Gasteiger partial charge in [0.25, 0.3) is 0 Å². The molecule has 0 aliphatic heterocycles. The van der Waals surface area contributed by atoms with E-state index in [1.54, 1.807) is 6.07 Å². The Kier molecular flexibility index (Phi) is 4.28. The Morgan fingerprint density at radius 2 is 2.15 bits per heavy atom. The molecule has 0 amide bonds. The Morgan fingerprint density at radius 3 is 2.69 bits per heavy atom. The fraction of sp³-hybridized carbons (Fsp3) is 0.556. The number of hydrogen-bond donors (Lipinski definition) is 2. The molecule has 1 aromatic rings. The first-order valence-corrected chi connectivity index (χ1v) is 4.82. The number of hydrogen-bond acceptors (Lipinski definition) is 3. The predicted molar refractivity (Wildman–Crippen MR) is 53.6 cm³/mol. The molecule has 1 rings (SSSR count). The van der Waals surface area contributed by atoms with E-state index in [4.69, 9.17) is 27.5 Å². The Balaban J connectivity index is 2.35. The van der Waals surface area contributed by atoms with Crippen molar-refractivity contribution in [3.63, 3.8) is 0 Å². The van der Waals surface area contributed by atoms with E-state index in [2.05, 4.69) is 0 Å². The Hall–Kier alpha value is -0.510. The molecule has 1 heterocycles. The summed E-state index contributed by atoms with van der Waals surface area (Å²) in [5.74, 6) is 0.752. The van der Waals surface area contributed by atoms with Crippen molar-refractivity contribution in [2.24, 2.45) is 11.5 Å². The fourth-order valence-electron chi connectivity index (χ4n) is 1.18. The Bertz CT molecular complexity index is 250. The Labute approximate surface area is 83.0 Å². The summed E-state index contributed by atoms with van der Waals surface area (Å²) >= 11 is 5.62. The van der Waals surface area contributed by atoms with Gasteiger partial charge in [0.15, 0.2) is 5.22 Å². The molecule has 0 aliphatic rings. The van der Waals surface area contributed by atoms with Crippen LogP contribution in [-0.2, 0) is 0 Å². The number of rotatable bonds is 5. The van der Waals surface area contributed by atoms with Crippen molar-refractivity contribution in [1.82, 2.24) is 0 Å². The van der Waals surface area contributed by atoms with E-state index in [0.29, 0.717) is 11.8 Å². The lowest BCUT2D eigenvalue weighted by atomic mass is 10.1. The second-order valence-corrected chi connectivity index (χ2v) is 3.41. The molecule has 13 heavy (non-hydrogen) atoms.